The van der Waals surface area contributed by atoms with Crippen LogP contribution < -0.4 is 21.3 Å². The van der Waals surface area contributed by atoms with E-state index in [1.165, 1.54) is 4.90 Å². The molecule has 1 aliphatic carbocycles. The summed E-state index contributed by atoms with van der Waals surface area (Å²) < 4.78 is 24.5. The molecule has 4 N–H and O–H groups in total. The van der Waals surface area contributed by atoms with Crippen LogP contribution in [0.3, 0.4) is 0 Å². The van der Waals surface area contributed by atoms with E-state index < -0.39 is 68.5 Å². The quantitative estimate of drug-likeness (QED) is 0.163. The van der Waals surface area contributed by atoms with Crippen LogP contribution in [0.5, 0.6) is 0 Å². The maximum Gasteiger partial charge on any atom is 0.315 e. The summed E-state index contributed by atoms with van der Waals surface area (Å²) in [5.74, 6) is -0.275. The molecule has 260 valence electrons. The molecule has 0 spiro atoms. The fraction of sp³-hybridized carbons (Fsp3) is 0.788. The zero-order chi connectivity index (χ0) is 34.9. The van der Waals surface area contributed by atoms with Gasteiger partial charge >= 0.3 is 6.03 Å². The van der Waals surface area contributed by atoms with Crippen molar-refractivity contribution in [3.63, 3.8) is 0 Å². The van der Waals surface area contributed by atoms with E-state index in [9.17, 15) is 32.4 Å². The Kier molecular flexibility index (Phi) is 14.1. The van der Waals surface area contributed by atoms with E-state index in [1.54, 1.807) is 20.8 Å². The summed E-state index contributed by atoms with van der Waals surface area (Å²) >= 11 is 0. The minimum atomic E-state index is -3.40. The number of carbonyl (C=O) groups is 5. The van der Waals surface area contributed by atoms with Crippen molar-refractivity contribution >= 4 is 39.4 Å². The molecule has 0 aromatic rings. The van der Waals surface area contributed by atoms with Crippen LogP contribution in [0.1, 0.15) is 99.3 Å². The van der Waals surface area contributed by atoms with Gasteiger partial charge in [-0.15, -0.1) is 12.3 Å². The average Bonchev–Trinajstić information content (AvgIpc) is 3.41. The van der Waals surface area contributed by atoms with Gasteiger partial charge in [0.05, 0.1) is 17.3 Å². The van der Waals surface area contributed by atoms with Crippen LogP contribution in [0.4, 0.5) is 4.79 Å². The molecule has 2 fully saturated rings. The van der Waals surface area contributed by atoms with Crippen molar-refractivity contribution in [1.82, 2.24) is 26.2 Å². The second-order valence-corrected chi connectivity index (χ2v) is 16.6. The van der Waals surface area contributed by atoms with Crippen molar-refractivity contribution in [2.75, 3.05) is 25.1 Å². The van der Waals surface area contributed by atoms with Crippen LogP contribution in [0.15, 0.2) is 0 Å². The number of hydrogen-bond donors (Lipinski definition) is 4. The SMILES string of the molecule is C#CCCC(NC(=O)[C@@H]1CC(C(C)C)CN1C(=O)[C@@H](NC(=O)NC1(CS(C)(=O)=O)CCCCC1)C(C)(C)C)C(=O)C(=O)NCCC. The topological polar surface area (TPSA) is 171 Å². The smallest absolute Gasteiger partial charge is 0.315 e. The molecule has 13 heteroatoms. The summed E-state index contributed by atoms with van der Waals surface area (Å²) in [6.07, 6.45) is 11.3. The predicted molar refractivity (Wildman–Crippen MR) is 177 cm³/mol. The highest BCUT2D eigenvalue weighted by atomic mass is 32.2. The van der Waals surface area contributed by atoms with Crippen molar-refractivity contribution < 1.29 is 32.4 Å². The molecule has 0 aromatic heterocycles. The molecule has 5 amide bonds. The molecule has 2 aliphatic rings. The molecule has 1 aliphatic heterocycles. The highest BCUT2D eigenvalue weighted by Gasteiger charge is 2.47. The fourth-order valence-corrected chi connectivity index (χ4v) is 7.71. The standard InChI is InChI=1S/C33H55N5O7S/c1-9-11-15-24(26(39)29(41)34-18-10-2)35-28(40)25-19-23(22(3)4)20-38(25)30(42)27(32(5,6)7)36-31(43)37-33(21-46(8,44)45)16-13-12-14-17-33/h1,22-25,27H,10-21H2,2-8H3,(H,34,41)(H,35,40)(H2,36,37,43)/t23?,24?,25-,27+/m0/s1. The Balaban J connectivity index is 2.34. The third-order valence-electron chi connectivity index (χ3n) is 8.95. The van der Waals surface area contributed by atoms with Crippen molar-refractivity contribution in [1.29, 1.82) is 0 Å². The predicted octanol–water partition coefficient (Wildman–Crippen LogP) is 2.31. The largest absolute Gasteiger partial charge is 0.349 e. The van der Waals surface area contributed by atoms with E-state index in [1.807, 2.05) is 20.8 Å². The van der Waals surface area contributed by atoms with Crippen LogP contribution in [-0.2, 0) is 29.0 Å². The highest BCUT2D eigenvalue weighted by Crippen LogP contribution is 2.33. The van der Waals surface area contributed by atoms with Crippen LogP contribution >= 0.6 is 0 Å². The molecule has 4 atom stereocenters. The Morgan fingerprint density at radius 1 is 1.04 bits per heavy atom. The lowest BCUT2D eigenvalue weighted by Gasteiger charge is -2.40. The van der Waals surface area contributed by atoms with E-state index in [0.717, 1.165) is 25.5 Å². The molecular weight excluding hydrogens is 610 g/mol. The summed E-state index contributed by atoms with van der Waals surface area (Å²) in [6.45, 7) is 11.8. The molecule has 1 saturated heterocycles. The Hall–Kier alpha value is -3.14. The van der Waals surface area contributed by atoms with Crippen molar-refractivity contribution in [3.05, 3.63) is 0 Å². The van der Waals surface area contributed by atoms with Gasteiger partial charge in [0.1, 0.15) is 21.9 Å². The first-order chi connectivity index (χ1) is 21.3. The highest BCUT2D eigenvalue weighted by molar-refractivity contribution is 7.90. The molecule has 46 heavy (non-hydrogen) atoms. The second-order valence-electron chi connectivity index (χ2n) is 14.5. The normalized spacial score (nSPS) is 21.1. The number of nitrogens with zero attached hydrogens (tertiary/aromatic N) is 1. The lowest BCUT2D eigenvalue weighted by Crippen LogP contribution is -2.63. The van der Waals surface area contributed by atoms with Crippen molar-refractivity contribution in [3.8, 4) is 12.3 Å². The lowest BCUT2D eigenvalue weighted by molar-refractivity contribution is -0.143. The molecule has 1 heterocycles. The monoisotopic (exact) mass is 665 g/mol. The van der Waals surface area contributed by atoms with E-state index in [-0.39, 0.29) is 37.0 Å². The minimum absolute atomic E-state index is 0.0258. The van der Waals surface area contributed by atoms with Gasteiger partial charge in [0.25, 0.3) is 5.91 Å². The van der Waals surface area contributed by atoms with Gasteiger partial charge in [-0.3, -0.25) is 19.2 Å². The molecule has 12 nitrogen and oxygen atoms in total. The van der Waals surface area contributed by atoms with E-state index in [2.05, 4.69) is 27.2 Å². The number of hydrogen-bond acceptors (Lipinski definition) is 7. The molecular formula is C33H55N5O7S. The number of nitrogens with one attached hydrogen (secondary N) is 4. The Morgan fingerprint density at radius 3 is 2.20 bits per heavy atom. The number of urea groups is 1. The van der Waals surface area contributed by atoms with Gasteiger partial charge in [0.2, 0.25) is 17.6 Å². The lowest BCUT2D eigenvalue weighted by atomic mass is 9.83. The van der Waals surface area contributed by atoms with Gasteiger partial charge in [-0.25, -0.2) is 13.2 Å². The van der Waals surface area contributed by atoms with E-state index in [4.69, 9.17) is 6.42 Å². The number of amides is 5. The van der Waals surface area contributed by atoms with Gasteiger partial charge in [-0.2, -0.15) is 0 Å². The minimum Gasteiger partial charge on any atom is -0.349 e. The molecule has 1 saturated carbocycles. The molecule has 0 aromatic carbocycles. The first-order valence-electron chi connectivity index (χ1n) is 16.5. The van der Waals surface area contributed by atoms with Crippen molar-refractivity contribution in [2.24, 2.45) is 17.3 Å². The zero-order valence-corrected chi connectivity index (χ0v) is 29.5. The van der Waals surface area contributed by atoms with Crippen molar-refractivity contribution in [2.45, 2.75) is 123 Å². The number of likely N-dealkylation sites (tertiary alicyclic amines) is 1. The maximum atomic E-state index is 14.3. The summed E-state index contributed by atoms with van der Waals surface area (Å²) in [5.41, 5.74) is -1.70. The van der Waals surface area contributed by atoms with Crippen LogP contribution in [-0.4, -0.2) is 91.6 Å². The summed E-state index contributed by atoms with van der Waals surface area (Å²) in [7, 11) is -3.40. The molecule has 0 bridgehead atoms. The number of carbonyl (C=O) groups excluding carboxylic acids is 5. The second kappa shape index (κ2) is 16.6. The zero-order valence-electron chi connectivity index (χ0n) is 28.7. The number of terminal acetylenes is 1. The molecule has 2 unspecified atom stereocenters. The Morgan fingerprint density at radius 2 is 1.67 bits per heavy atom. The fourth-order valence-electron chi connectivity index (χ4n) is 6.35. The first kappa shape index (κ1) is 39.0. The van der Waals surface area contributed by atoms with E-state index in [0.29, 0.717) is 32.2 Å². The Labute approximate surface area is 275 Å². The summed E-state index contributed by atoms with van der Waals surface area (Å²) in [5, 5.41) is 11.0. The van der Waals surface area contributed by atoms with Crippen LogP contribution in [0, 0.1) is 29.6 Å². The maximum absolute atomic E-state index is 14.3. The number of ketones is 1. The van der Waals surface area contributed by atoms with Gasteiger partial charge in [0.15, 0.2) is 0 Å². The third kappa shape index (κ3) is 11.3. The van der Waals surface area contributed by atoms with Gasteiger partial charge < -0.3 is 26.2 Å². The third-order valence-corrected chi connectivity index (χ3v) is 10.0. The van der Waals surface area contributed by atoms with Crippen LogP contribution in [0.25, 0.3) is 0 Å². The molecule has 0 radical (unpaired) electrons. The van der Waals surface area contributed by atoms with Gasteiger partial charge in [0, 0.05) is 25.8 Å². The molecule has 2 rings (SSSR count). The van der Waals surface area contributed by atoms with E-state index >= 15 is 0 Å². The number of Topliss-reactive ketones (excluding diaryl/α,β-unsaturated/α-hetero) is 1. The number of rotatable bonds is 14. The van der Waals surface area contributed by atoms with Crippen LogP contribution in [0.2, 0.25) is 0 Å². The summed E-state index contributed by atoms with van der Waals surface area (Å²) in [6, 6.07) is -3.78. The first-order valence-corrected chi connectivity index (χ1v) is 18.5. The average molecular weight is 666 g/mol. The summed E-state index contributed by atoms with van der Waals surface area (Å²) in [4.78, 5) is 68.4. The number of sulfone groups is 1. The van der Waals surface area contributed by atoms with Gasteiger partial charge in [-0.05, 0) is 49.4 Å². The Bertz CT molecular complexity index is 1260. The van der Waals surface area contributed by atoms with Gasteiger partial charge in [-0.1, -0.05) is 60.8 Å².